The summed E-state index contributed by atoms with van der Waals surface area (Å²) in [7, 11) is 4.57. The van der Waals surface area contributed by atoms with Crippen LogP contribution < -0.4 is 29.0 Å². The molecule has 0 aliphatic carbocycles. The molecule has 0 spiro atoms. The summed E-state index contributed by atoms with van der Waals surface area (Å²) in [5.41, 5.74) is 1.28. The Labute approximate surface area is 205 Å². The molecule has 0 bridgehead atoms. The van der Waals surface area contributed by atoms with Crippen molar-refractivity contribution < 1.29 is 33.3 Å². The zero-order chi connectivity index (χ0) is 24.2. The van der Waals surface area contributed by atoms with Gasteiger partial charge in [-0.2, -0.15) is 0 Å². The largest absolute Gasteiger partial charge is 0.493 e. The predicted molar refractivity (Wildman–Crippen MR) is 132 cm³/mol. The number of thiocarbonyl (C=S) groups is 1. The molecule has 1 saturated heterocycles. The van der Waals surface area contributed by atoms with E-state index in [9.17, 15) is 9.59 Å². The van der Waals surface area contributed by atoms with Crippen molar-refractivity contribution in [1.82, 2.24) is 4.90 Å². The van der Waals surface area contributed by atoms with Gasteiger partial charge < -0.3 is 29.0 Å². The van der Waals surface area contributed by atoms with Crippen molar-refractivity contribution in [2.75, 3.05) is 40.0 Å². The molecule has 9 nitrogen and oxygen atoms in total. The molecule has 2 aromatic rings. The van der Waals surface area contributed by atoms with Crippen molar-refractivity contribution in [1.29, 1.82) is 0 Å². The van der Waals surface area contributed by atoms with Crippen LogP contribution in [0.5, 0.6) is 28.7 Å². The van der Waals surface area contributed by atoms with E-state index < -0.39 is 0 Å². The van der Waals surface area contributed by atoms with Gasteiger partial charge in [0.15, 0.2) is 23.0 Å². The van der Waals surface area contributed by atoms with Gasteiger partial charge in [-0.05, 0) is 35.9 Å². The summed E-state index contributed by atoms with van der Waals surface area (Å²) < 4.78 is 27.0. The summed E-state index contributed by atoms with van der Waals surface area (Å²) in [6, 6.07) is 8.64. The van der Waals surface area contributed by atoms with Crippen molar-refractivity contribution in [2.45, 2.75) is 6.42 Å². The van der Waals surface area contributed by atoms with Crippen molar-refractivity contribution in [2.24, 2.45) is 0 Å². The highest BCUT2D eigenvalue weighted by atomic mass is 32.2. The van der Waals surface area contributed by atoms with Crippen LogP contribution in [0.3, 0.4) is 0 Å². The van der Waals surface area contributed by atoms with Gasteiger partial charge in [0.25, 0.3) is 5.91 Å². The zero-order valence-electron chi connectivity index (χ0n) is 18.7. The van der Waals surface area contributed by atoms with Crippen molar-refractivity contribution >= 4 is 51.9 Å². The zero-order valence-corrected chi connectivity index (χ0v) is 20.3. The fourth-order valence-electron chi connectivity index (χ4n) is 3.44. The number of nitrogens with zero attached hydrogens (tertiary/aromatic N) is 1. The molecule has 2 aromatic carbocycles. The number of thioether (sulfide) groups is 1. The molecular formula is C23H22N2O7S2. The maximum atomic E-state index is 13.0. The first-order chi connectivity index (χ1) is 16.4. The van der Waals surface area contributed by atoms with Gasteiger partial charge in [0.2, 0.25) is 18.4 Å². The number of nitrogens with one attached hydrogen (secondary N) is 1. The van der Waals surface area contributed by atoms with E-state index in [0.717, 1.165) is 0 Å². The third-order valence-corrected chi connectivity index (χ3v) is 6.45. The third-order valence-electron chi connectivity index (χ3n) is 5.08. The Morgan fingerprint density at radius 1 is 1.12 bits per heavy atom. The van der Waals surface area contributed by atoms with Gasteiger partial charge in [-0.1, -0.05) is 24.0 Å². The molecule has 178 valence electrons. The Balaban J connectivity index is 1.41. The van der Waals surface area contributed by atoms with Crippen LogP contribution in [0.4, 0.5) is 5.69 Å². The van der Waals surface area contributed by atoms with Crippen molar-refractivity contribution in [3.05, 3.63) is 40.8 Å². The molecule has 11 heteroatoms. The predicted octanol–water partition coefficient (Wildman–Crippen LogP) is 3.67. The van der Waals surface area contributed by atoms with Crippen molar-refractivity contribution in [3.63, 3.8) is 0 Å². The Kier molecular flexibility index (Phi) is 7.13. The number of anilines is 1. The Morgan fingerprint density at radius 2 is 1.82 bits per heavy atom. The maximum absolute atomic E-state index is 13.0. The number of fused-ring (bicyclic) bond motifs is 1. The number of carbonyl (C=O) groups excluding carboxylic acids is 2. The number of hydrogen-bond donors (Lipinski definition) is 1. The maximum Gasteiger partial charge on any atom is 0.266 e. The lowest BCUT2D eigenvalue weighted by Gasteiger charge is -2.14. The Hall–Kier alpha value is -3.44. The summed E-state index contributed by atoms with van der Waals surface area (Å²) >= 11 is 6.56. The van der Waals surface area contributed by atoms with Crippen LogP contribution in [0.25, 0.3) is 6.08 Å². The van der Waals surface area contributed by atoms with Crippen LogP contribution in [-0.4, -0.2) is 55.7 Å². The number of hydrogen-bond acceptors (Lipinski definition) is 9. The number of ether oxygens (including phenoxy) is 5. The highest BCUT2D eigenvalue weighted by molar-refractivity contribution is 8.26. The molecule has 2 amide bonds. The standard InChI is InChI=1S/C23H22N2O7S2/c1-28-17-8-13(9-18(29-2)21(17)30-3)10-19-22(27)25(23(33)34-19)7-6-20(26)24-14-4-5-15-16(11-14)32-12-31-15/h4-5,8-11H,6-7,12H2,1-3H3,(H,24,26)/b19-10+. The van der Waals surface area contributed by atoms with Crippen LogP contribution in [0.2, 0.25) is 0 Å². The molecular weight excluding hydrogens is 480 g/mol. The summed E-state index contributed by atoms with van der Waals surface area (Å²) in [4.78, 5) is 27.2. The molecule has 2 aliphatic heterocycles. The summed E-state index contributed by atoms with van der Waals surface area (Å²) in [6.07, 6.45) is 1.79. The molecule has 4 rings (SSSR count). The number of amides is 2. The van der Waals surface area contributed by atoms with Gasteiger partial charge in [0, 0.05) is 24.7 Å². The van der Waals surface area contributed by atoms with Crippen molar-refractivity contribution in [3.8, 4) is 28.7 Å². The Bertz CT molecular complexity index is 1160. The van der Waals surface area contributed by atoms with Crippen LogP contribution in [0.1, 0.15) is 12.0 Å². The van der Waals surface area contributed by atoms with E-state index in [-0.39, 0.29) is 31.6 Å². The van der Waals surface area contributed by atoms with Gasteiger partial charge in [-0.3, -0.25) is 14.5 Å². The molecule has 0 unspecified atom stereocenters. The summed E-state index contributed by atoms with van der Waals surface area (Å²) in [5, 5.41) is 2.80. The van der Waals surface area contributed by atoms with Crippen LogP contribution >= 0.6 is 24.0 Å². The molecule has 0 atom stereocenters. The van der Waals surface area contributed by atoms with E-state index >= 15 is 0 Å². The average molecular weight is 503 g/mol. The lowest BCUT2D eigenvalue weighted by molar-refractivity contribution is -0.122. The lowest BCUT2D eigenvalue weighted by atomic mass is 10.1. The molecule has 0 saturated carbocycles. The molecule has 0 aromatic heterocycles. The molecule has 34 heavy (non-hydrogen) atoms. The average Bonchev–Trinajstić information content (AvgIpc) is 3.40. The molecule has 2 heterocycles. The number of rotatable bonds is 8. The van der Waals surface area contributed by atoms with Crippen LogP contribution in [0, 0.1) is 0 Å². The van der Waals surface area contributed by atoms with E-state index in [2.05, 4.69) is 5.32 Å². The molecule has 1 fully saturated rings. The number of methoxy groups -OCH3 is 3. The second kappa shape index (κ2) is 10.2. The fraction of sp³-hybridized carbons (Fsp3) is 0.261. The normalized spacial score (nSPS) is 15.6. The highest BCUT2D eigenvalue weighted by Gasteiger charge is 2.32. The second-order valence-corrected chi connectivity index (χ2v) is 8.83. The van der Waals surface area contributed by atoms with Gasteiger partial charge in [-0.25, -0.2) is 0 Å². The van der Waals surface area contributed by atoms with Crippen LogP contribution in [0.15, 0.2) is 35.2 Å². The van der Waals surface area contributed by atoms with E-state index in [0.29, 0.717) is 49.2 Å². The Morgan fingerprint density at radius 3 is 2.50 bits per heavy atom. The van der Waals surface area contributed by atoms with E-state index in [1.54, 1.807) is 36.4 Å². The number of benzene rings is 2. The van der Waals surface area contributed by atoms with Gasteiger partial charge in [-0.15, -0.1) is 0 Å². The minimum Gasteiger partial charge on any atom is -0.493 e. The van der Waals surface area contributed by atoms with E-state index in [1.807, 2.05) is 0 Å². The monoisotopic (exact) mass is 502 g/mol. The number of carbonyl (C=O) groups is 2. The smallest absolute Gasteiger partial charge is 0.266 e. The van der Waals surface area contributed by atoms with Crippen LogP contribution in [-0.2, 0) is 9.59 Å². The minimum atomic E-state index is -0.264. The minimum absolute atomic E-state index is 0.0817. The molecule has 0 radical (unpaired) electrons. The fourth-order valence-corrected chi connectivity index (χ4v) is 4.75. The SMILES string of the molecule is COc1cc(/C=C2/SC(=S)N(CCC(=O)Nc3ccc4c(c3)OCO4)C2=O)cc(OC)c1OC. The van der Waals surface area contributed by atoms with Gasteiger partial charge >= 0.3 is 0 Å². The van der Waals surface area contributed by atoms with E-state index in [1.165, 1.54) is 38.0 Å². The highest BCUT2D eigenvalue weighted by Crippen LogP contribution is 2.40. The molecule has 2 aliphatic rings. The quantitative estimate of drug-likeness (QED) is 0.428. The molecule has 1 N–H and O–H groups in total. The second-order valence-electron chi connectivity index (χ2n) is 7.16. The summed E-state index contributed by atoms with van der Waals surface area (Å²) in [5.74, 6) is 2.11. The van der Waals surface area contributed by atoms with Gasteiger partial charge in [0.05, 0.1) is 26.2 Å². The first-order valence-corrected chi connectivity index (χ1v) is 11.4. The van der Waals surface area contributed by atoms with E-state index in [4.69, 9.17) is 35.9 Å². The third kappa shape index (κ3) is 4.90. The topological polar surface area (TPSA) is 95.6 Å². The van der Waals surface area contributed by atoms with Gasteiger partial charge in [0.1, 0.15) is 4.32 Å². The first-order valence-electron chi connectivity index (χ1n) is 10.2. The summed E-state index contributed by atoms with van der Waals surface area (Å²) in [6.45, 7) is 0.318. The lowest BCUT2D eigenvalue weighted by Crippen LogP contribution is -2.31. The first kappa shape index (κ1) is 23.7.